The third-order valence-electron chi connectivity index (χ3n) is 4.58. The van der Waals surface area contributed by atoms with E-state index < -0.39 is 0 Å². The number of anilines is 1. The average Bonchev–Trinajstić information content (AvgIpc) is 3.01. The van der Waals surface area contributed by atoms with Gasteiger partial charge in [-0.1, -0.05) is 36.7 Å². The SMILES string of the molecule is CN(C)CCN(C(=O)C1CCCCC1)c1nc2c(F)cccc2s1.Cl. The van der Waals surface area contributed by atoms with Gasteiger partial charge in [-0.25, -0.2) is 9.37 Å². The van der Waals surface area contributed by atoms with Gasteiger partial charge in [-0.2, -0.15) is 0 Å². The molecule has 0 unspecified atom stereocenters. The highest BCUT2D eigenvalue weighted by Gasteiger charge is 2.28. The number of para-hydroxylation sites is 1. The van der Waals surface area contributed by atoms with Crippen molar-refractivity contribution in [2.24, 2.45) is 5.92 Å². The van der Waals surface area contributed by atoms with E-state index in [1.807, 2.05) is 20.2 Å². The maximum atomic E-state index is 14.0. The molecule has 1 amide bonds. The first-order valence-corrected chi connectivity index (χ1v) is 9.39. The smallest absolute Gasteiger partial charge is 0.231 e. The number of fused-ring (bicyclic) bond motifs is 1. The van der Waals surface area contributed by atoms with Gasteiger partial charge in [0.05, 0.1) is 4.70 Å². The van der Waals surface area contributed by atoms with Crippen molar-refractivity contribution in [3.05, 3.63) is 24.0 Å². The van der Waals surface area contributed by atoms with Gasteiger partial charge >= 0.3 is 0 Å². The standard InChI is InChI=1S/C18H24FN3OS.ClH/c1-21(2)11-12-22(17(23)13-7-4-3-5-8-13)18-20-16-14(19)9-6-10-15(16)24-18;/h6,9-10,13H,3-5,7-8,11-12H2,1-2H3;1H. The first-order chi connectivity index (χ1) is 11.6. The molecule has 1 heterocycles. The molecule has 1 fully saturated rings. The molecule has 2 aromatic rings. The Morgan fingerprint density at radius 3 is 2.60 bits per heavy atom. The average molecular weight is 386 g/mol. The number of nitrogens with zero attached hydrogens (tertiary/aromatic N) is 3. The third kappa shape index (κ3) is 4.68. The van der Waals surface area contributed by atoms with Crippen molar-refractivity contribution in [1.82, 2.24) is 9.88 Å². The van der Waals surface area contributed by atoms with Crippen molar-refractivity contribution in [3.8, 4) is 0 Å². The van der Waals surface area contributed by atoms with E-state index in [1.54, 1.807) is 11.0 Å². The molecule has 0 aliphatic heterocycles. The topological polar surface area (TPSA) is 36.4 Å². The summed E-state index contributed by atoms with van der Waals surface area (Å²) >= 11 is 1.40. The minimum absolute atomic E-state index is 0. The Hall–Kier alpha value is -1.24. The predicted molar refractivity (Wildman–Crippen MR) is 104 cm³/mol. The summed E-state index contributed by atoms with van der Waals surface area (Å²) in [5.41, 5.74) is 0.365. The molecule has 0 radical (unpaired) electrons. The zero-order chi connectivity index (χ0) is 17.1. The van der Waals surface area contributed by atoms with Gasteiger partial charge < -0.3 is 4.90 Å². The van der Waals surface area contributed by atoms with Crippen LogP contribution in [-0.4, -0.2) is 43.0 Å². The van der Waals surface area contributed by atoms with Crippen LogP contribution in [0.3, 0.4) is 0 Å². The number of rotatable bonds is 5. The third-order valence-corrected chi connectivity index (χ3v) is 5.62. The molecule has 7 heteroatoms. The maximum absolute atomic E-state index is 14.0. The lowest BCUT2D eigenvalue weighted by molar-refractivity contribution is -0.123. The molecule has 1 aromatic heterocycles. The van der Waals surface area contributed by atoms with Crippen LogP contribution in [0.25, 0.3) is 10.2 Å². The number of carbonyl (C=O) groups is 1. The van der Waals surface area contributed by atoms with E-state index in [9.17, 15) is 9.18 Å². The molecule has 0 bridgehead atoms. The highest BCUT2D eigenvalue weighted by molar-refractivity contribution is 7.22. The second kappa shape index (κ2) is 8.92. The van der Waals surface area contributed by atoms with E-state index in [1.165, 1.54) is 23.8 Å². The van der Waals surface area contributed by atoms with Crippen LogP contribution in [0.1, 0.15) is 32.1 Å². The molecule has 1 aliphatic rings. The van der Waals surface area contributed by atoms with Crippen molar-refractivity contribution in [2.45, 2.75) is 32.1 Å². The Bertz CT molecular complexity index is 715. The summed E-state index contributed by atoms with van der Waals surface area (Å²) in [5.74, 6) is -0.0959. The monoisotopic (exact) mass is 385 g/mol. The van der Waals surface area contributed by atoms with Crippen molar-refractivity contribution >= 4 is 45.0 Å². The number of thiazole rings is 1. The number of benzene rings is 1. The number of aromatic nitrogens is 1. The Morgan fingerprint density at radius 1 is 1.24 bits per heavy atom. The number of hydrogen-bond donors (Lipinski definition) is 0. The lowest BCUT2D eigenvalue weighted by Gasteiger charge is -2.28. The van der Waals surface area contributed by atoms with Crippen LogP contribution in [0.5, 0.6) is 0 Å². The van der Waals surface area contributed by atoms with Crippen LogP contribution in [0.15, 0.2) is 18.2 Å². The minimum Gasteiger partial charge on any atom is -0.308 e. The molecule has 4 nitrogen and oxygen atoms in total. The Kier molecular flexibility index (Phi) is 7.16. The summed E-state index contributed by atoms with van der Waals surface area (Å²) in [6.07, 6.45) is 5.36. The van der Waals surface area contributed by atoms with Gasteiger partial charge in [0.25, 0.3) is 0 Å². The largest absolute Gasteiger partial charge is 0.308 e. The van der Waals surface area contributed by atoms with E-state index in [-0.39, 0.29) is 30.0 Å². The van der Waals surface area contributed by atoms with Gasteiger partial charge in [0.15, 0.2) is 5.13 Å². The van der Waals surface area contributed by atoms with Crippen molar-refractivity contribution in [1.29, 1.82) is 0 Å². The van der Waals surface area contributed by atoms with Gasteiger partial charge in [0.1, 0.15) is 11.3 Å². The second-order valence-corrected chi connectivity index (χ2v) is 7.72. The molecule has 138 valence electrons. The fraction of sp³-hybridized carbons (Fsp3) is 0.556. The molecule has 1 aromatic carbocycles. The zero-order valence-corrected chi connectivity index (χ0v) is 16.3. The number of hydrogen-bond acceptors (Lipinski definition) is 4. The fourth-order valence-corrected chi connectivity index (χ4v) is 4.20. The molecule has 1 saturated carbocycles. The Morgan fingerprint density at radius 2 is 1.96 bits per heavy atom. The second-order valence-electron chi connectivity index (χ2n) is 6.71. The first-order valence-electron chi connectivity index (χ1n) is 8.57. The maximum Gasteiger partial charge on any atom is 0.231 e. The lowest BCUT2D eigenvalue weighted by atomic mass is 9.88. The summed E-state index contributed by atoms with van der Waals surface area (Å²) in [6.45, 7) is 1.35. The highest BCUT2D eigenvalue weighted by Crippen LogP contribution is 2.33. The van der Waals surface area contributed by atoms with Crippen LogP contribution < -0.4 is 4.90 Å². The number of likely N-dealkylation sites (N-methyl/N-ethyl adjacent to an activating group) is 1. The molecule has 0 spiro atoms. The van der Waals surface area contributed by atoms with Crippen molar-refractivity contribution in [2.75, 3.05) is 32.1 Å². The molecule has 0 atom stereocenters. The van der Waals surface area contributed by atoms with Gasteiger partial charge in [-0.3, -0.25) is 9.69 Å². The van der Waals surface area contributed by atoms with Crippen LogP contribution >= 0.6 is 23.7 Å². The predicted octanol–water partition coefficient (Wildman–Crippen LogP) is 4.33. The zero-order valence-electron chi connectivity index (χ0n) is 14.7. The Balaban J connectivity index is 0.00000225. The van der Waals surface area contributed by atoms with E-state index in [2.05, 4.69) is 9.88 Å². The molecule has 0 saturated heterocycles. The summed E-state index contributed by atoms with van der Waals surface area (Å²) in [6, 6.07) is 4.96. The summed E-state index contributed by atoms with van der Waals surface area (Å²) in [5, 5.41) is 0.618. The van der Waals surface area contributed by atoms with Gasteiger partial charge in [-0.15, -0.1) is 12.4 Å². The van der Waals surface area contributed by atoms with E-state index in [0.717, 1.165) is 36.9 Å². The van der Waals surface area contributed by atoms with Gasteiger partial charge in [0.2, 0.25) is 5.91 Å². The van der Waals surface area contributed by atoms with E-state index in [4.69, 9.17) is 0 Å². The van der Waals surface area contributed by atoms with Crippen LogP contribution in [0.4, 0.5) is 9.52 Å². The quantitative estimate of drug-likeness (QED) is 0.768. The fourth-order valence-electron chi connectivity index (χ4n) is 3.19. The molecular formula is C18H25ClFN3OS. The molecular weight excluding hydrogens is 361 g/mol. The van der Waals surface area contributed by atoms with Crippen LogP contribution in [-0.2, 0) is 4.79 Å². The van der Waals surface area contributed by atoms with E-state index in [0.29, 0.717) is 17.2 Å². The molecule has 0 N–H and O–H groups in total. The molecule has 3 rings (SSSR count). The minimum atomic E-state index is -0.326. The lowest BCUT2D eigenvalue weighted by Crippen LogP contribution is -2.41. The highest BCUT2D eigenvalue weighted by atomic mass is 35.5. The van der Waals surface area contributed by atoms with Crippen LogP contribution in [0, 0.1) is 11.7 Å². The molecule has 25 heavy (non-hydrogen) atoms. The normalized spacial score (nSPS) is 15.4. The first kappa shape index (κ1) is 20.1. The van der Waals surface area contributed by atoms with Gasteiger partial charge in [-0.05, 0) is 39.1 Å². The van der Waals surface area contributed by atoms with Gasteiger partial charge in [0, 0.05) is 19.0 Å². The van der Waals surface area contributed by atoms with E-state index >= 15 is 0 Å². The number of carbonyl (C=O) groups excluding carboxylic acids is 1. The van der Waals surface area contributed by atoms with Crippen molar-refractivity contribution in [3.63, 3.8) is 0 Å². The summed E-state index contributed by atoms with van der Waals surface area (Å²) in [7, 11) is 3.97. The van der Waals surface area contributed by atoms with Crippen molar-refractivity contribution < 1.29 is 9.18 Å². The summed E-state index contributed by atoms with van der Waals surface area (Å²) < 4.78 is 14.8. The van der Waals surface area contributed by atoms with Crippen LogP contribution in [0.2, 0.25) is 0 Å². The summed E-state index contributed by atoms with van der Waals surface area (Å²) in [4.78, 5) is 21.3. The molecule has 1 aliphatic carbocycles. The number of amides is 1. The Labute approximate surface area is 158 Å². The number of halogens is 2.